The zero-order valence-corrected chi connectivity index (χ0v) is 9.08. The number of hydrogen-bond donors (Lipinski definition) is 2. The Balaban J connectivity index is 2.39. The van der Waals surface area contributed by atoms with Gasteiger partial charge < -0.3 is 0 Å². The van der Waals surface area contributed by atoms with E-state index in [1.165, 1.54) is 4.90 Å². The SMILES string of the molecule is Cc1[nH]nc(N2CC(S)CC2=O)c1C#N. The van der Waals surface area contributed by atoms with E-state index in [1.807, 2.05) is 6.07 Å². The largest absolute Gasteiger partial charge is 0.293 e. The van der Waals surface area contributed by atoms with Crippen LogP contribution >= 0.6 is 12.6 Å². The third-order valence-corrected chi connectivity index (χ3v) is 2.75. The monoisotopic (exact) mass is 222 g/mol. The molecule has 5 nitrogen and oxygen atoms in total. The highest BCUT2D eigenvalue weighted by molar-refractivity contribution is 7.81. The average molecular weight is 222 g/mol. The summed E-state index contributed by atoms with van der Waals surface area (Å²) >= 11 is 4.25. The van der Waals surface area contributed by atoms with Gasteiger partial charge in [0.25, 0.3) is 0 Å². The molecule has 1 aliphatic heterocycles. The van der Waals surface area contributed by atoms with Gasteiger partial charge in [0.15, 0.2) is 5.82 Å². The molecule has 1 unspecified atom stereocenters. The standard InChI is InChI=1S/C9H10N4OS/c1-5-7(3-10)9(12-11-5)13-4-6(15)2-8(13)14/h6,15H,2,4H2,1H3,(H,11,12). The van der Waals surface area contributed by atoms with Crippen LogP contribution in [0.1, 0.15) is 17.7 Å². The van der Waals surface area contributed by atoms with Crippen LogP contribution in [-0.2, 0) is 4.79 Å². The number of hydrogen-bond acceptors (Lipinski definition) is 4. The second-order valence-electron chi connectivity index (χ2n) is 3.52. The van der Waals surface area contributed by atoms with Gasteiger partial charge in [-0.1, -0.05) is 0 Å². The Hall–Kier alpha value is -1.48. The summed E-state index contributed by atoms with van der Waals surface area (Å²) in [4.78, 5) is 13.1. The minimum atomic E-state index is -0.0296. The molecule has 1 aromatic rings. The van der Waals surface area contributed by atoms with Gasteiger partial charge in [-0.3, -0.25) is 14.8 Å². The van der Waals surface area contributed by atoms with E-state index in [2.05, 4.69) is 22.8 Å². The maximum atomic E-state index is 11.6. The first-order valence-electron chi connectivity index (χ1n) is 4.57. The molecular formula is C9H10N4OS. The summed E-state index contributed by atoms with van der Waals surface area (Å²) in [6, 6.07) is 2.04. The number of aromatic amines is 1. The molecule has 1 aliphatic rings. The summed E-state index contributed by atoms with van der Waals surface area (Å²) in [5.41, 5.74) is 1.12. The molecule has 0 aromatic carbocycles. The topological polar surface area (TPSA) is 72.8 Å². The summed E-state index contributed by atoms with van der Waals surface area (Å²) in [5, 5.41) is 15.6. The molecule has 0 saturated carbocycles. The Morgan fingerprint density at radius 1 is 1.73 bits per heavy atom. The number of aryl methyl sites for hydroxylation is 1. The van der Waals surface area contributed by atoms with E-state index in [0.717, 1.165) is 0 Å². The van der Waals surface area contributed by atoms with E-state index >= 15 is 0 Å². The maximum absolute atomic E-state index is 11.6. The summed E-state index contributed by atoms with van der Waals surface area (Å²) in [7, 11) is 0. The Morgan fingerprint density at radius 2 is 2.47 bits per heavy atom. The van der Waals surface area contributed by atoms with E-state index < -0.39 is 0 Å². The lowest BCUT2D eigenvalue weighted by Gasteiger charge is -2.12. The van der Waals surface area contributed by atoms with Crippen molar-refractivity contribution in [2.75, 3.05) is 11.4 Å². The van der Waals surface area contributed by atoms with Gasteiger partial charge in [-0.2, -0.15) is 23.0 Å². The van der Waals surface area contributed by atoms with Crippen molar-refractivity contribution in [3.05, 3.63) is 11.3 Å². The Morgan fingerprint density at radius 3 is 3.00 bits per heavy atom. The molecule has 1 saturated heterocycles. The van der Waals surface area contributed by atoms with Crippen LogP contribution in [0.2, 0.25) is 0 Å². The molecule has 1 fully saturated rings. The van der Waals surface area contributed by atoms with E-state index in [0.29, 0.717) is 30.0 Å². The van der Waals surface area contributed by atoms with Crippen LogP contribution in [-0.4, -0.2) is 27.9 Å². The smallest absolute Gasteiger partial charge is 0.229 e. The molecule has 1 aromatic heterocycles. The third kappa shape index (κ3) is 1.59. The number of carbonyl (C=O) groups is 1. The van der Waals surface area contributed by atoms with Crippen LogP contribution < -0.4 is 4.90 Å². The fraction of sp³-hybridized carbons (Fsp3) is 0.444. The Labute approximate surface area is 92.5 Å². The predicted molar refractivity (Wildman–Crippen MR) is 57.8 cm³/mol. The molecular weight excluding hydrogens is 212 g/mol. The van der Waals surface area contributed by atoms with Gasteiger partial charge >= 0.3 is 0 Å². The molecule has 0 aliphatic carbocycles. The Kier molecular flexibility index (Phi) is 2.40. The fourth-order valence-corrected chi connectivity index (χ4v) is 1.96. The lowest BCUT2D eigenvalue weighted by Crippen LogP contribution is -2.25. The van der Waals surface area contributed by atoms with Gasteiger partial charge in [0.2, 0.25) is 5.91 Å². The van der Waals surface area contributed by atoms with Crippen molar-refractivity contribution in [2.45, 2.75) is 18.6 Å². The van der Waals surface area contributed by atoms with Crippen LogP contribution in [0.15, 0.2) is 0 Å². The number of aromatic nitrogens is 2. The summed E-state index contributed by atoms with van der Waals surface area (Å²) < 4.78 is 0. The number of amides is 1. The zero-order chi connectivity index (χ0) is 11.0. The molecule has 78 valence electrons. The van der Waals surface area contributed by atoms with Gasteiger partial charge in [0, 0.05) is 18.2 Å². The summed E-state index contributed by atoms with van der Waals surface area (Å²) in [6.45, 7) is 2.27. The summed E-state index contributed by atoms with van der Waals surface area (Å²) in [5.74, 6) is 0.398. The van der Waals surface area contributed by atoms with E-state index in [1.54, 1.807) is 6.92 Å². The highest BCUT2D eigenvalue weighted by Crippen LogP contribution is 2.26. The quantitative estimate of drug-likeness (QED) is 0.684. The van der Waals surface area contributed by atoms with Crippen LogP contribution in [0.25, 0.3) is 0 Å². The van der Waals surface area contributed by atoms with Gasteiger partial charge in [-0.05, 0) is 6.92 Å². The lowest BCUT2D eigenvalue weighted by molar-refractivity contribution is -0.117. The Bertz CT molecular complexity index is 447. The highest BCUT2D eigenvalue weighted by atomic mass is 32.1. The molecule has 1 amide bonds. The number of thiol groups is 1. The van der Waals surface area contributed by atoms with Crippen LogP contribution in [0.4, 0.5) is 5.82 Å². The lowest BCUT2D eigenvalue weighted by atomic mass is 10.2. The molecule has 1 N–H and O–H groups in total. The van der Waals surface area contributed by atoms with Gasteiger partial charge in [0.05, 0.1) is 5.69 Å². The van der Waals surface area contributed by atoms with Crippen molar-refractivity contribution >= 4 is 24.4 Å². The van der Waals surface area contributed by atoms with Crippen molar-refractivity contribution < 1.29 is 4.79 Å². The van der Waals surface area contributed by atoms with Crippen molar-refractivity contribution in [1.82, 2.24) is 10.2 Å². The second-order valence-corrected chi connectivity index (χ2v) is 4.25. The second kappa shape index (κ2) is 3.59. The molecule has 2 rings (SSSR count). The molecule has 2 heterocycles. The number of nitrogens with zero attached hydrogens (tertiary/aromatic N) is 3. The average Bonchev–Trinajstić information content (AvgIpc) is 2.69. The van der Waals surface area contributed by atoms with Gasteiger partial charge in [-0.15, -0.1) is 0 Å². The normalized spacial score (nSPS) is 20.7. The van der Waals surface area contributed by atoms with Gasteiger partial charge in [0.1, 0.15) is 11.6 Å². The molecule has 0 bridgehead atoms. The minimum Gasteiger partial charge on any atom is -0.293 e. The number of nitrogens with one attached hydrogen (secondary N) is 1. The molecule has 0 radical (unpaired) electrons. The van der Waals surface area contributed by atoms with E-state index in [4.69, 9.17) is 5.26 Å². The van der Waals surface area contributed by atoms with E-state index in [-0.39, 0.29) is 11.2 Å². The first-order valence-corrected chi connectivity index (χ1v) is 5.08. The van der Waals surface area contributed by atoms with E-state index in [9.17, 15) is 4.79 Å². The van der Waals surface area contributed by atoms with Crippen molar-refractivity contribution in [3.8, 4) is 6.07 Å². The number of carbonyl (C=O) groups excluding carboxylic acids is 1. The van der Waals surface area contributed by atoms with Crippen molar-refractivity contribution in [1.29, 1.82) is 5.26 Å². The number of nitriles is 1. The predicted octanol–water partition coefficient (Wildman–Crippen LogP) is 0.625. The molecule has 1 atom stereocenters. The first-order chi connectivity index (χ1) is 7.13. The third-order valence-electron chi connectivity index (χ3n) is 2.40. The molecule has 15 heavy (non-hydrogen) atoms. The number of rotatable bonds is 1. The van der Waals surface area contributed by atoms with Crippen molar-refractivity contribution in [3.63, 3.8) is 0 Å². The maximum Gasteiger partial charge on any atom is 0.229 e. The van der Waals surface area contributed by atoms with Crippen molar-refractivity contribution in [2.24, 2.45) is 0 Å². The number of H-pyrrole nitrogens is 1. The zero-order valence-electron chi connectivity index (χ0n) is 8.19. The molecule has 0 spiro atoms. The van der Waals surface area contributed by atoms with Gasteiger partial charge in [-0.25, -0.2) is 0 Å². The number of anilines is 1. The fourth-order valence-electron chi connectivity index (χ4n) is 1.64. The first kappa shape index (κ1) is 10.1. The minimum absolute atomic E-state index is 0.0287. The summed E-state index contributed by atoms with van der Waals surface area (Å²) in [6.07, 6.45) is 0.403. The van der Waals surface area contributed by atoms with Crippen LogP contribution in [0.3, 0.4) is 0 Å². The molecule has 6 heteroatoms. The van der Waals surface area contributed by atoms with Crippen LogP contribution in [0, 0.1) is 18.3 Å². The highest BCUT2D eigenvalue weighted by Gasteiger charge is 2.31. The van der Waals surface area contributed by atoms with Crippen LogP contribution in [0.5, 0.6) is 0 Å².